The van der Waals surface area contributed by atoms with E-state index in [0.717, 1.165) is 25.9 Å². The van der Waals surface area contributed by atoms with E-state index in [4.69, 9.17) is 18.9 Å². The van der Waals surface area contributed by atoms with Crippen molar-refractivity contribution < 1.29 is 23.7 Å². The zero-order chi connectivity index (χ0) is 20.0. The summed E-state index contributed by atoms with van der Waals surface area (Å²) in [5, 5.41) is 0. The van der Waals surface area contributed by atoms with Crippen LogP contribution in [0.4, 0.5) is 0 Å². The predicted molar refractivity (Wildman–Crippen MR) is 110 cm³/mol. The highest BCUT2D eigenvalue weighted by molar-refractivity contribution is 5.69. The van der Waals surface area contributed by atoms with Crippen molar-refractivity contribution in [2.75, 3.05) is 46.2 Å². The van der Waals surface area contributed by atoms with Gasteiger partial charge in [-0.3, -0.25) is 4.79 Å². The third kappa shape index (κ3) is 23.3. The van der Waals surface area contributed by atoms with Gasteiger partial charge in [-0.25, -0.2) is 0 Å². The first-order valence-corrected chi connectivity index (χ1v) is 11.1. The van der Waals surface area contributed by atoms with Crippen LogP contribution in [-0.2, 0) is 23.7 Å². The summed E-state index contributed by atoms with van der Waals surface area (Å²) < 4.78 is 21.6. The molecule has 0 aliphatic rings. The van der Waals surface area contributed by atoms with E-state index in [-0.39, 0.29) is 5.97 Å². The molecule has 0 aliphatic heterocycles. The van der Waals surface area contributed by atoms with Gasteiger partial charge in [0.05, 0.1) is 33.0 Å². The van der Waals surface area contributed by atoms with Gasteiger partial charge in [-0.15, -0.1) is 0 Å². The fraction of sp³-hybridized carbons (Fsp3) is 0.955. The minimum absolute atomic E-state index is 0.112. The Morgan fingerprint density at radius 2 is 1.22 bits per heavy atom. The predicted octanol–water partition coefficient (Wildman–Crippen LogP) is 5.16. The summed E-state index contributed by atoms with van der Waals surface area (Å²) in [6.45, 7) is 10.9. The molecule has 0 radical (unpaired) electrons. The van der Waals surface area contributed by atoms with Crippen LogP contribution in [0.15, 0.2) is 0 Å². The molecule has 0 fully saturated rings. The van der Waals surface area contributed by atoms with Gasteiger partial charge in [0.25, 0.3) is 0 Å². The van der Waals surface area contributed by atoms with Crippen molar-refractivity contribution in [1.82, 2.24) is 0 Å². The molecule has 0 aromatic heterocycles. The van der Waals surface area contributed by atoms with Crippen LogP contribution >= 0.6 is 0 Å². The van der Waals surface area contributed by atoms with E-state index >= 15 is 0 Å². The Balaban J connectivity index is 3.14. The summed E-state index contributed by atoms with van der Waals surface area (Å²) in [5.74, 6) is 0.566. The normalized spacial score (nSPS) is 11.3. The largest absolute Gasteiger partial charge is 0.466 e. The van der Waals surface area contributed by atoms with Crippen molar-refractivity contribution >= 4 is 5.97 Å². The van der Waals surface area contributed by atoms with Crippen molar-refractivity contribution in [3.05, 3.63) is 0 Å². The maximum Gasteiger partial charge on any atom is 0.305 e. The van der Waals surface area contributed by atoms with E-state index in [0.29, 0.717) is 58.4 Å². The van der Waals surface area contributed by atoms with E-state index in [1.165, 1.54) is 32.1 Å². The Hall–Kier alpha value is -0.650. The molecule has 0 heterocycles. The SMILES string of the molecule is CCCCCCCCCOC(=O)CCCOCCOCCOCCC(C)C. The average Bonchev–Trinajstić information content (AvgIpc) is 2.64. The topological polar surface area (TPSA) is 54.0 Å². The lowest BCUT2D eigenvalue weighted by molar-refractivity contribution is -0.144. The Morgan fingerprint density at radius 1 is 0.667 bits per heavy atom. The van der Waals surface area contributed by atoms with Gasteiger partial charge >= 0.3 is 5.97 Å². The molecule has 0 bridgehead atoms. The molecule has 5 heteroatoms. The first-order chi connectivity index (χ1) is 13.2. The van der Waals surface area contributed by atoms with Gasteiger partial charge in [-0.2, -0.15) is 0 Å². The third-order valence-electron chi connectivity index (χ3n) is 4.26. The van der Waals surface area contributed by atoms with Gasteiger partial charge in [0.2, 0.25) is 0 Å². The number of rotatable bonds is 21. The fourth-order valence-electron chi connectivity index (χ4n) is 2.50. The molecule has 0 aromatic rings. The lowest BCUT2D eigenvalue weighted by atomic mass is 10.1. The van der Waals surface area contributed by atoms with Crippen LogP contribution in [0, 0.1) is 5.92 Å². The van der Waals surface area contributed by atoms with E-state index in [2.05, 4.69) is 20.8 Å². The quantitative estimate of drug-likeness (QED) is 0.201. The molecule has 0 amide bonds. The summed E-state index contributed by atoms with van der Waals surface area (Å²) in [4.78, 5) is 11.6. The van der Waals surface area contributed by atoms with Crippen LogP contribution < -0.4 is 0 Å². The second kappa shape index (κ2) is 21.6. The number of ether oxygens (including phenoxy) is 4. The van der Waals surface area contributed by atoms with Gasteiger partial charge in [-0.1, -0.05) is 59.3 Å². The summed E-state index contributed by atoms with van der Waals surface area (Å²) >= 11 is 0. The number of hydrogen-bond donors (Lipinski definition) is 0. The van der Waals surface area contributed by atoms with Crippen molar-refractivity contribution in [3.63, 3.8) is 0 Å². The van der Waals surface area contributed by atoms with E-state index in [9.17, 15) is 4.79 Å². The molecular formula is C22H44O5. The minimum Gasteiger partial charge on any atom is -0.466 e. The van der Waals surface area contributed by atoms with Crippen molar-refractivity contribution in [2.45, 2.75) is 85.0 Å². The van der Waals surface area contributed by atoms with Crippen LogP contribution in [-0.4, -0.2) is 52.2 Å². The van der Waals surface area contributed by atoms with Crippen LogP contribution in [0.3, 0.4) is 0 Å². The van der Waals surface area contributed by atoms with E-state index in [1.807, 2.05) is 0 Å². The zero-order valence-electron chi connectivity index (χ0n) is 18.1. The van der Waals surface area contributed by atoms with E-state index < -0.39 is 0 Å². The molecule has 0 atom stereocenters. The Morgan fingerprint density at radius 3 is 1.85 bits per heavy atom. The molecule has 162 valence electrons. The molecule has 0 saturated heterocycles. The Kier molecular flexibility index (Phi) is 21.1. The van der Waals surface area contributed by atoms with E-state index in [1.54, 1.807) is 0 Å². The lowest BCUT2D eigenvalue weighted by Gasteiger charge is -2.08. The Bertz CT molecular complexity index is 307. The molecule has 0 aliphatic carbocycles. The molecule has 0 saturated carbocycles. The van der Waals surface area contributed by atoms with Crippen molar-refractivity contribution in [2.24, 2.45) is 5.92 Å². The summed E-state index contributed by atoms with van der Waals surface area (Å²) in [6.07, 6.45) is 10.8. The van der Waals surface area contributed by atoms with Crippen LogP contribution in [0.2, 0.25) is 0 Å². The number of carbonyl (C=O) groups is 1. The zero-order valence-corrected chi connectivity index (χ0v) is 18.1. The summed E-state index contributed by atoms with van der Waals surface area (Å²) in [6, 6.07) is 0. The number of hydrogen-bond acceptors (Lipinski definition) is 5. The maximum atomic E-state index is 11.6. The summed E-state index contributed by atoms with van der Waals surface area (Å²) in [7, 11) is 0. The van der Waals surface area contributed by atoms with Gasteiger partial charge in [0.15, 0.2) is 0 Å². The number of carbonyl (C=O) groups excluding carboxylic acids is 1. The first kappa shape index (κ1) is 26.4. The van der Waals surface area contributed by atoms with Crippen LogP contribution in [0.1, 0.15) is 85.0 Å². The molecule has 5 nitrogen and oxygen atoms in total. The lowest BCUT2D eigenvalue weighted by Crippen LogP contribution is -2.11. The second-order valence-corrected chi connectivity index (χ2v) is 7.46. The number of unbranched alkanes of at least 4 members (excludes halogenated alkanes) is 6. The Labute approximate surface area is 167 Å². The molecule has 0 aromatic carbocycles. The highest BCUT2D eigenvalue weighted by atomic mass is 16.5. The average molecular weight is 389 g/mol. The molecule has 0 spiro atoms. The standard InChI is InChI=1S/C22H44O5/c1-4-5-6-7-8-9-10-15-27-22(23)12-11-14-24-17-19-26-20-18-25-16-13-21(2)3/h21H,4-20H2,1-3H3. The molecule has 27 heavy (non-hydrogen) atoms. The third-order valence-corrected chi connectivity index (χ3v) is 4.26. The minimum atomic E-state index is -0.112. The molecule has 0 unspecified atom stereocenters. The van der Waals surface area contributed by atoms with Crippen LogP contribution in [0.25, 0.3) is 0 Å². The van der Waals surface area contributed by atoms with Gasteiger partial charge in [-0.05, 0) is 25.2 Å². The fourth-order valence-corrected chi connectivity index (χ4v) is 2.50. The number of esters is 1. The molecule has 0 rings (SSSR count). The van der Waals surface area contributed by atoms with Gasteiger partial charge < -0.3 is 18.9 Å². The highest BCUT2D eigenvalue weighted by Gasteiger charge is 2.02. The van der Waals surface area contributed by atoms with Crippen LogP contribution in [0.5, 0.6) is 0 Å². The van der Waals surface area contributed by atoms with Gasteiger partial charge in [0, 0.05) is 19.6 Å². The highest BCUT2D eigenvalue weighted by Crippen LogP contribution is 2.07. The van der Waals surface area contributed by atoms with Crippen molar-refractivity contribution in [3.8, 4) is 0 Å². The maximum absolute atomic E-state index is 11.6. The second-order valence-electron chi connectivity index (χ2n) is 7.46. The molecule has 0 N–H and O–H groups in total. The van der Waals surface area contributed by atoms with Crippen molar-refractivity contribution in [1.29, 1.82) is 0 Å². The molecular weight excluding hydrogens is 344 g/mol. The smallest absolute Gasteiger partial charge is 0.305 e. The summed E-state index contributed by atoms with van der Waals surface area (Å²) in [5.41, 5.74) is 0. The van der Waals surface area contributed by atoms with Gasteiger partial charge in [0.1, 0.15) is 0 Å². The first-order valence-electron chi connectivity index (χ1n) is 11.1. The monoisotopic (exact) mass is 388 g/mol.